The smallest absolute Gasteiger partial charge is 0.244 e. The molecule has 146 valence electrons. The number of fused-ring (bicyclic) bond motifs is 1. The van der Waals surface area contributed by atoms with Crippen LogP contribution in [0, 0.1) is 5.92 Å². The van der Waals surface area contributed by atoms with Crippen molar-refractivity contribution in [3.8, 4) is 0 Å². The molecule has 1 saturated carbocycles. The third-order valence-electron chi connectivity index (χ3n) is 6.15. The Bertz CT molecular complexity index is 852. The summed E-state index contributed by atoms with van der Waals surface area (Å²) in [7, 11) is -3.83. The molecule has 0 radical (unpaired) electrons. The molecule has 0 spiro atoms. The summed E-state index contributed by atoms with van der Waals surface area (Å²) >= 11 is 0. The second-order valence-electron chi connectivity index (χ2n) is 7.74. The molecule has 2 amide bonds. The van der Waals surface area contributed by atoms with Crippen LogP contribution in [-0.4, -0.2) is 43.2 Å². The average Bonchev–Trinajstić information content (AvgIpc) is 3.25. The molecule has 8 heteroatoms. The van der Waals surface area contributed by atoms with Gasteiger partial charge in [0.25, 0.3) is 0 Å². The third kappa shape index (κ3) is 3.14. The van der Waals surface area contributed by atoms with Gasteiger partial charge in [0.2, 0.25) is 21.8 Å². The van der Waals surface area contributed by atoms with Crippen LogP contribution < -0.4 is 10.6 Å². The molecule has 2 aliphatic heterocycles. The first-order valence-electron chi connectivity index (χ1n) is 9.63. The van der Waals surface area contributed by atoms with E-state index in [2.05, 4.69) is 0 Å². The highest BCUT2D eigenvalue weighted by atomic mass is 32.2. The SMILES string of the molecule is NC(=O)[C@@H]1C[C@H]2CCCC[C@@H]2N1S(=O)(=O)c1ccc(N2CCCC2=O)cc1. The number of benzene rings is 1. The molecular formula is C19H25N3O4S. The van der Waals surface area contributed by atoms with E-state index in [0.717, 1.165) is 32.1 Å². The van der Waals surface area contributed by atoms with Crippen LogP contribution in [0.3, 0.4) is 0 Å². The zero-order chi connectivity index (χ0) is 19.2. The predicted molar refractivity (Wildman–Crippen MR) is 100 cm³/mol. The van der Waals surface area contributed by atoms with E-state index >= 15 is 0 Å². The minimum Gasteiger partial charge on any atom is -0.368 e. The van der Waals surface area contributed by atoms with Crippen LogP contribution in [0.4, 0.5) is 5.69 Å². The average molecular weight is 391 g/mol. The van der Waals surface area contributed by atoms with E-state index in [-0.39, 0.29) is 22.8 Å². The Hall–Kier alpha value is -1.93. The molecule has 2 saturated heterocycles. The van der Waals surface area contributed by atoms with Crippen LogP contribution in [0.5, 0.6) is 0 Å². The maximum atomic E-state index is 13.3. The number of hydrogen-bond acceptors (Lipinski definition) is 4. The molecule has 0 unspecified atom stereocenters. The van der Waals surface area contributed by atoms with E-state index in [1.165, 1.54) is 16.4 Å². The summed E-state index contributed by atoms with van der Waals surface area (Å²) < 4.78 is 28.0. The highest BCUT2D eigenvalue weighted by Gasteiger charge is 2.50. The summed E-state index contributed by atoms with van der Waals surface area (Å²) in [6, 6.07) is 5.48. The van der Waals surface area contributed by atoms with Gasteiger partial charge in [0.05, 0.1) is 4.90 Å². The molecule has 27 heavy (non-hydrogen) atoms. The summed E-state index contributed by atoms with van der Waals surface area (Å²) in [5.41, 5.74) is 6.26. The van der Waals surface area contributed by atoms with Gasteiger partial charge in [-0.15, -0.1) is 0 Å². The minimum absolute atomic E-state index is 0.0592. The van der Waals surface area contributed by atoms with Crippen LogP contribution >= 0.6 is 0 Å². The number of anilines is 1. The number of nitrogens with two attached hydrogens (primary N) is 1. The van der Waals surface area contributed by atoms with E-state index < -0.39 is 22.0 Å². The van der Waals surface area contributed by atoms with Crippen LogP contribution in [0.25, 0.3) is 0 Å². The number of amides is 2. The topological polar surface area (TPSA) is 101 Å². The lowest BCUT2D eigenvalue weighted by Crippen LogP contribution is -2.48. The molecule has 7 nitrogen and oxygen atoms in total. The summed E-state index contributed by atoms with van der Waals surface area (Å²) in [5.74, 6) is -0.316. The van der Waals surface area contributed by atoms with E-state index in [0.29, 0.717) is 25.1 Å². The first-order valence-corrected chi connectivity index (χ1v) is 11.1. The Labute approximate surface area is 159 Å². The molecule has 2 N–H and O–H groups in total. The Morgan fingerprint density at radius 3 is 2.41 bits per heavy atom. The zero-order valence-electron chi connectivity index (χ0n) is 15.2. The molecule has 0 bridgehead atoms. The molecule has 2 heterocycles. The minimum atomic E-state index is -3.83. The predicted octanol–water partition coefficient (Wildman–Crippen LogP) is 1.62. The van der Waals surface area contributed by atoms with E-state index in [1.54, 1.807) is 17.0 Å². The molecule has 3 atom stereocenters. The van der Waals surface area contributed by atoms with Gasteiger partial charge in [-0.1, -0.05) is 12.8 Å². The van der Waals surface area contributed by atoms with Crippen molar-refractivity contribution in [3.63, 3.8) is 0 Å². The van der Waals surface area contributed by atoms with Gasteiger partial charge < -0.3 is 10.6 Å². The molecule has 4 rings (SSSR count). The van der Waals surface area contributed by atoms with Crippen molar-refractivity contribution in [2.24, 2.45) is 11.7 Å². The van der Waals surface area contributed by atoms with Crippen LogP contribution in [0.1, 0.15) is 44.9 Å². The fourth-order valence-corrected chi connectivity index (χ4v) is 6.73. The first kappa shape index (κ1) is 18.4. The molecule has 1 aromatic carbocycles. The van der Waals surface area contributed by atoms with Gasteiger partial charge in [-0.2, -0.15) is 4.31 Å². The Morgan fingerprint density at radius 2 is 1.78 bits per heavy atom. The number of rotatable bonds is 4. The van der Waals surface area contributed by atoms with Crippen LogP contribution in [0.15, 0.2) is 29.2 Å². The Morgan fingerprint density at radius 1 is 1.07 bits per heavy atom. The van der Waals surface area contributed by atoms with Crippen molar-refractivity contribution in [3.05, 3.63) is 24.3 Å². The molecule has 3 aliphatic rings. The van der Waals surface area contributed by atoms with E-state index in [1.807, 2.05) is 0 Å². The number of carbonyl (C=O) groups excluding carboxylic acids is 2. The first-order chi connectivity index (χ1) is 12.9. The quantitative estimate of drug-likeness (QED) is 0.843. The fraction of sp³-hybridized carbons (Fsp3) is 0.579. The van der Waals surface area contributed by atoms with Crippen molar-refractivity contribution in [2.45, 2.75) is 61.9 Å². The fourth-order valence-electron chi connectivity index (χ4n) is 4.85. The molecule has 3 fully saturated rings. The normalized spacial score (nSPS) is 29.1. The molecule has 0 aromatic heterocycles. The lowest BCUT2D eigenvalue weighted by molar-refractivity contribution is -0.121. The van der Waals surface area contributed by atoms with Crippen molar-refractivity contribution in [1.82, 2.24) is 4.31 Å². The summed E-state index contributed by atoms with van der Waals surface area (Å²) in [4.78, 5) is 25.7. The Kier molecular flexibility index (Phi) is 4.71. The zero-order valence-corrected chi connectivity index (χ0v) is 16.0. The van der Waals surface area contributed by atoms with Gasteiger partial charge in [0, 0.05) is 24.7 Å². The van der Waals surface area contributed by atoms with E-state index in [9.17, 15) is 18.0 Å². The maximum absolute atomic E-state index is 13.3. The maximum Gasteiger partial charge on any atom is 0.244 e. The van der Waals surface area contributed by atoms with Crippen molar-refractivity contribution in [1.29, 1.82) is 0 Å². The number of carbonyl (C=O) groups is 2. The third-order valence-corrected chi connectivity index (χ3v) is 8.10. The molecule has 1 aliphatic carbocycles. The second kappa shape index (κ2) is 6.91. The number of hydrogen-bond donors (Lipinski definition) is 1. The van der Waals surface area contributed by atoms with Crippen molar-refractivity contribution in [2.75, 3.05) is 11.4 Å². The lowest BCUT2D eigenvalue weighted by Gasteiger charge is -2.32. The second-order valence-corrected chi connectivity index (χ2v) is 9.59. The van der Waals surface area contributed by atoms with Gasteiger partial charge >= 0.3 is 0 Å². The van der Waals surface area contributed by atoms with Crippen LogP contribution in [0.2, 0.25) is 0 Å². The van der Waals surface area contributed by atoms with Crippen molar-refractivity contribution >= 4 is 27.5 Å². The van der Waals surface area contributed by atoms with Crippen molar-refractivity contribution < 1.29 is 18.0 Å². The number of primary amides is 1. The van der Waals surface area contributed by atoms with E-state index in [4.69, 9.17) is 5.73 Å². The summed E-state index contributed by atoms with van der Waals surface area (Å²) in [6.07, 6.45) is 5.60. The van der Waals surface area contributed by atoms with Gasteiger partial charge in [0.1, 0.15) is 6.04 Å². The van der Waals surface area contributed by atoms with Gasteiger partial charge in [-0.05, 0) is 55.9 Å². The molecule has 1 aromatic rings. The Balaban J connectivity index is 1.65. The highest BCUT2D eigenvalue weighted by molar-refractivity contribution is 7.89. The standard InChI is InChI=1S/C19H25N3O4S/c20-19(24)17-12-13-4-1-2-5-16(13)22(17)27(25,26)15-9-7-14(8-10-15)21-11-3-6-18(21)23/h7-10,13,16-17H,1-6,11-12H2,(H2,20,24)/t13-,16+,17+/m1/s1. The number of sulfonamides is 1. The largest absolute Gasteiger partial charge is 0.368 e. The summed E-state index contributed by atoms with van der Waals surface area (Å²) in [5, 5.41) is 0. The summed E-state index contributed by atoms with van der Waals surface area (Å²) in [6.45, 7) is 0.657. The molecular weight excluding hydrogens is 366 g/mol. The number of nitrogens with zero attached hydrogens (tertiary/aromatic N) is 2. The van der Waals surface area contributed by atoms with Gasteiger partial charge in [0.15, 0.2) is 0 Å². The highest BCUT2D eigenvalue weighted by Crippen LogP contribution is 2.42. The monoisotopic (exact) mass is 391 g/mol. The lowest BCUT2D eigenvalue weighted by atomic mass is 9.85. The van der Waals surface area contributed by atoms with Gasteiger partial charge in [-0.3, -0.25) is 9.59 Å². The van der Waals surface area contributed by atoms with Crippen LogP contribution in [-0.2, 0) is 19.6 Å². The van der Waals surface area contributed by atoms with Gasteiger partial charge in [-0.25, -0.2) is 8.42 Å².